The highest BCUT2D eigenvalue weighted by Crippen LogP contribution is 2.19. The van der Waals surface area contributed by atoms with E-state index in [9.17, 15) is 14.3 Å². The van der Waals surface area contributed by atoms with Crippen molar-refractivity contribution in [2.75, 3.05) is 0 Å². The molecule has 0 fully saturated rings. The molecule has 2 aromatic heterocycles. The van der Waals surface area contributed by atoms with Crippen LogP contribution in [0.3, 0.4) is 0 Å². The molecule has 2 N–H and O–H groups in total. The van der Waals surface area contributed by atoms with Gasteiger partial charge in [-0.05, 0) is 17.7 Å². The van der Waals surface area contributed by atoms with Crippen molar-refractivity contribution in [1.82, 2.24) is 20.2 Å². The fraction of sp³-hybridized carbons (Fsp3) is 0.0667. The van der Waals surface area contributed by atoms with Gasteiger partial charge >= 0.3 is 0 Å². The van der Waals surface area contributed by atoms with Crippen LogP contribution >= 0.6 is 11.3 Å². The number of carbonyl (C=O) groups excluding carboxylic acids is 1. The lowest BCUT2D eigenvalue weighted by atomic mass is 10.1. The first-order valence-corrected chi connectivity index (χ1v) is 7.43. The van der Waals surface area contributed by atoms with E-state index in [2.05, 4.69) is 20.2 Å². The molecule has 1 aromatic carbocycles. The second kappa shape index (κ2) is 6.49. The van der Waals surface area contributed by atoms with Crippen LogP contribution in [-0.4, -0.2) is 31.1 Å². The molecule has 8 heteroatoms. The fourth-order valence-corrected chi connectivity index (χ4v) is 2.75. The summed E-state index contributed by atoms with van der Waals surface area (Å²) in [7, 11) is 0. The first kappa shape index (κ1) is 15.0. The summed E-state index contributed by atoms with van der Waals surface area (Å²) in [5.74, 6) is -0.902. The first-order valence-electron chi connectivity index (χ1n) is 6.61. The maximum absolute atomic E-state index is 12.9. The zero-order chi connectivity index (χ0) is 16.2. The van der Waals surface area contributed by atoms with E-state index >= 15 is 0 Å². The van der Waals surface area contributed by atoms with Crippen LogP contribution < -0.4 is 0 Å². The van der Waals surface area contributed by atoms with Gasteiger partial charge in [-0.1, -0.05) is 12.1 Å². The maximum atomic E-state index is 12.9. The van der Waals surface area contributed by atoms with Crippen LogP contribution in [0.4, 0.5) is 4.39 Å². The van der Waals surface area contributed by atoms with E-state index in [1.54, 1.807) is 18.3 Å². The smallest absolute Gasteiger partial charge is 0.218 e. The highest BCUT2D eigenvalue weighted by Gasteiger charge is 2.12. The number of aromatic amines is 1. The Kier molecular flexibility index (Phi) is 4.24. The molecule has 0 spiro atoms. The number of aliphatic hydroxyl groups excluding tert-OH is 1. The van der Waals surface area contributed by atoms with E-state index in [4.69, 9.17) is 0 Å². The molecule has 0 unspecified atom stereocenters. The number of ketones is 1. The van der Waals surface area contributed by atoms with Crippen molar-refractivity contribution in [2.45, 2.75) is 6.42 Å². The van der Waals surface area contributed by atoms with Crippen molar-refractivity contribution in [3.05, 3.63) is 70.0 Å². The lowest BCUT2D eigenvalue weighted by Gasteiger charge is -1.97. The van der Waals surface area contributed by atoms with Gasteiger partial charge in [-0.2, -0.15) is 5.10 Å². The summed E-state index contributed by atoms with van der Waals surface area (Å²) in [6, 6.07) is 6.15. The summed E-state index contributed by atoms with van der Waals surface area (Å²) < 4.78 is 12.9. The summed E-state index contributed by atoms with van der Waals surface area (Å²) >= 11 is 1.22. The number of hydrogen-bond donors (Lipinski definition) is 2. The minimum atomic E-state index is -0.422. The average molecular weight is 330 g/mol. The van der Waals surface area contributed by atoms with Gasteiger partial charge in [0.2, 0.25) is 5.78 Å². The van der Waals surface area contributed by atoms with Crippen molar-refractivity contribution in [2.24, 2.45) is 0 Å². The maximum Gasteiger partial charge on any atom is 0.218 e. The number of hydrogen-bond acceptors (Lipinski definition) is 6. The molecule has 2 heterocycles. The molecular formula is C15H11FN4O2S. The van der Waals surface area contributed by atoms with Crippen molar-refractivity contribution >= 4 is 22.9 Å². The molecule has 3 aromatic rings. The Labute approximate surface area is 134 Å². The van der Waals surface area contributed by atoms with Gasteiger partial charge in [0.15, 0.2) is 16.6 Å². The molecule has 6 nitrogen and oxygen atoms in total. The van der Waals surface area contributed by atoms with Gasteiger partial charge in [0.25, 0.3) is 0 Å². The number of aliphatic hydroxyl groups is 1. The largest absolute Gasteiger partial charge is 0.504 e. The number of carbonyl (C=O) groups is 1. The number of nitrogens with one attached hydrogen (secondary N) is 1. The number of H-pyrrole nitrogens is 1. The third-order valence-electron chi connectivity index (χ3n) is 2.98. The van der Waals surface area contributed by atoms with Crippen LogP contribution in [-0.2, 0) is 6.42 Å². The van der Waals surface area contributed by atoms with Gasteiger partial charge < -0.3 is 5.11 Å². The molecular weight excluding hydrogens is 319 g/mol. The highest BCUT2D eigenvalue weighted by atomic mass is 32.1. The van der Waals surface area contributed by atoms with Crippen molar-refractivity contribution < 1.29 is 14.3 Å². The van der Waals surface area contributed by atoms with E-state index in [0.717, 1.165) is 16.5 Å². The quantitative estimate of drug-likeness (QED) is 0.426. The van der Waals surface area contributed by atoms with Crippen molar-refractivity contribution in [3.8, 4) is 0 Å². The third-order valence-corrected chi connectivity index (χ3v) is 3.99. The predicted molar refractivity (Wildman–Crippen MR) is 82.6 cm³/mol. The predicted octanol–water partition coefficient (Wildman–Crippen LogP) is 2.77. The van der Waals surface area contributed by atoms with Crippen molar-refractivity contribution in [1.29, 1.82) is 0 Å². The molecule has 0 bridgehead atoms. The van der Waals surface area contributed by atoms with Gasteiger partial charge in [-0.15, -0.1) is 11.3 Å². The number of benzene rings is 1. The Bertz CT molecular complexity index is 841. The molecule has 116 valence electrons. The molecule has 0 amide bonds. The zero-order valence-corrected chi connectivity index (χ0v) is 12.5. The zero-order valence-electron chi connectivity index (χ0n) is 11.7. The van der Waals surface area contributed by atoms with Gasteiger partial charge in [0, 0.05) is 23.6 Å². The number of aromatic nitrogens is 4. The summed E-state index contributed by atoms with van der Waals surface area (Å²) in [5, 5.41) is 16.1. The summed E-state index contributed by atoms with van der Waals surface area (Å²) in [6.07, 6.45) is 4.43. The number of thiazole rings is 1. The molecule has 0 saturated heterocycles. The molecule has 0 radical (unpaired) electrons. The first-order chi connectivity index (χ1) is 11.1. The van der Waals surface area contributed by atoms with Gasteiger partial charge in [0.05, 0.1) is 0 Å². The molecule has 0 saturated carbocycles. The SMILES string of the molecule is O=C(C=C(O)c1ncn[nH]1)c1ncc(Cc2ccc(F)cc2)s1. The van der Waals surface area contributed by atoms with E-state index in [-0.39, 0.29) is 22.4 Å². The van der Waals surface area contributed by atoms with Gasteiger partial charge in [-0.25, -0.2) is 14.4 Å². The second-order valence-electron chi connectivity index (χ2n) is 4.66. The minimum absolute atomic E-state index is 0.112. The van der Waals surface area contributed by atoms with Crippen LogP contribution in [0, 0.1) is 5.82 Å². The van der Waals surface area contributed by atoms with Crippen LogP contribution in [0.5, 0.6) is 0 Å². The summed E-state index contributed by atoms with van der Waals surface area (Å²) in [6.45, 7) is 0. The Morgan fingerprint density at radius 3 is 2.78 bits per heavy atom. The number of halogens is 1. The lowest BCUT2D eigenvalue weighted by molar-refractivity contribution is 0.104. The van der Waals surface area contributed by atoms with Gasteiger partial charge in [0.1, 0.15) is 12.1 Å². The molecule has 23 heavy (non-hydrogen) atoms. The second-order valence-corrected chi connectivity index (χ2v) is 5.78. The van der Waals surface area contributed by atoms with Crippen LogP contribution in [0.2, 0.25) is 0 Å². The molecule has 0 aliphatic carbocycles. The minimum Gasteiger partial charge on any atom is -0.504 e. The van der Waals surface area contributed by atoms with Crippen LogP contribution in [0.25, 0.3) is 5.76 Å². The molecule has 0 aliphatic rings. The standard InChI is InChI=1S/C15H11FN4O2S/c16-10-3-1-9(2-4-10)5-11-7-17-15(23-11)13(22)6-12(21)14-18-8-19-20-14/h1-4,6-8,21H,5H2,(H,18,19,20). The normalized spacial score (nSPS) is 11.6. The van der Waals surface area contributed by atoms with E-state index in [1.807, 2.05) is 0 Å². The Morgan fingerprint density at radius 2 is 2.09 bits per heavy atom. The van der Waals surface area contributed by atoms with E-state index in [1.165, 1.54) is 29.8 Å². The average Bonchev–Trinajstić information content (AvgIpc) is 3.21. The van der Waals surface area contributed by atoms with E-state index < -0.39 is 5.78 Å². The Hall–Kier alpha value is -2.87. The van der Waals surface area contributed by atoms with Gasteiger partial charge in [-0.3, -0.25) is 9.89 Å². The Balaban J connectivity index is 1.72. The molecule has 3 rings (SSSR count). The summed E-state index contributed by atoms with van der Waals surface area (Å²) in [5.41, 5.74) is 0.925. The number of nitrogens with zero attached hydrogens (tertiary/aromatic N) is 3. The van der Waals surface area contributed by atoms with Crippen molar-refractivity contribution in [3.63, 3.8) is 0 Å². The number of rotatable bonds is 5. The molecule has 0 aliphatic heterocycles. The van der Waals surface area contributed by atoms with E-state index in [0.29, 0.717) is 6.42 Å². The Morgan fingerprint density at radius 1 is 1.30 bits per heavy atom. The fourth-order valence-electron chi connectivity index (χ4n) is 1.89. The third kappa shape index (κ3) is 3.67. The molecule has 0 atom stereocenters. The lowest BCUT2D eigenvalue weighted by Crippen LogP contribution is -1.96. The van der Waals surface area contributed by atoms with Crippen LogP contribution in [0.1, 0.15) is 26.1 Å². The highest BCUT2D eigenvalue weighted by molar-refractivity contribution is 7.13. The van der Waals surface area contributed by atoms with Crippen LogP contribution in [0.15, 0.2) is 42.9 Å². The topological polar surface area (TPSA) is 91.8 Å². The monoisotopic (exact) mass is 330 g/mol. The summed E-state index contributed by atoms with van der Waals surface area (Å²) in [4.78, 5) is 20.7. The number of allylic oxidation sites excluding steroid dienone is 1.